The van der Waals surface area contributed by atoms with Crippen molar-refractivity contribution in [3.8, 4) is 23.0 Å². The molecule has 2 aromatic carbocycles. The predicted molar refractivity (Wildman–Crippen MR) is 86.9 cm³/mol. The zero-order valence-corrected chi connectivity index (χ0v) is 13.5. The van der Waals surface area contributed by atoms with Crippen LogP contribution in [0.5, 0.6) is 23.0 Å². The van der Waals surface area contributed by atoms with Gasteiger partial charge in [0.15, 0.2) is 0 Å². The lowest BCUT2D eigenvalue weighted by molar-refractivity contribution is 0.0173. The van der Waals surface area contributed by atoms with Crippen LogP contribution < -0.4 is 4.74 Å². The van der Waals surface area contributed by atoms with Crippen LogP contribution >= 0.6 is 0 Å². The van der Waals surface area contributed by atoms with Crippen molar-refractivity contribution >= 4 is 5.97 Å². The second-order valence-electron chi connectivity index (χ2n) is 5.72. The van der Waals surface area contributed by atoms with E-state index < -0.39 is 23.9 Å². The third-order valence-corrected chi connectivity index (χ3v) is 4.05. The Balaban J connectivity index is 2.07. The summed E-state index contributed by atoms with van der Waals surface area (Å²) in [6.45, 7) is 1.74. The van der Waals surface area contributed by atoms with E-state index in [-0.39, 0.29) is 41.4 Å². The molecule has 7 heteroatoms. The van der Waals surface area contributed by atoms with Crippen LogP contribution in [-0.4, -0.2) is 39.1 Å². The maximum Gasteiger partial charge on any atom is 0.345 e. The Morgan fingerprint density at radius 1 is 1.20 bits per heavy atom. The Morgan fingerprint density at radius 3 is 2.52 bits per heavy atom. The fourth-order valence-corrected chi connectivity index (χ4v) is 2.88. The lowest BCUT2D eigenvalue weighted by Gasteiger charge is -2.32. The largest absolute Gasteiger partial charge is 0.508 e. The maximum absolute atomic E-state index is 12.2. The summed E-state index contributed by atoms with van der Waals surface area (Å²) in [6, 6.07) is 7.10. The number of phenolic OH excluding ortho intramolecular Hbond substituents is 3. The number of esters is 1. The molecule has 2 aromatic rings. The van der Waals surface area contributed by atoms with Gasteiger partial charge in [-0.2, -0.15) is 0 Å². The lowest BCUT2D eigenvalue weighted by Crippen LogP contribution is -2.31. The van der Waals surface area contributed by atoms with Crippen molar-refractivity contribution in [2.24, 2.45) is 0 Å². The smallest absolute Gasteiger partial charge is 0.345 e. The average Bonchev–Trinajstić information content (AvgIpc) is 2.56. The van der Waals surface area contributed by atoms with Crippen molar-refractivity contribution in [2.75, 3.05) is 6.61 Å². The fourth-order valence-electron chi connectivity index (χ4n) is 2.88. The standard InChI is InChI=1S/C18H18O7/c1-2-24-18(23)15-13(21)8-12(20)11-7-14(22)16(25-17(11)15)9-3-5-10(19)6-4-9/h3-6,8,14,16,19-22H,2,7H2,1H3/t14-,16+/m1/s1. The highest BCUT2D eigenvalue weighted by Gasteiger charge is 2.36. The molecule has 0 unspecified atom stereocenters. The molecule has 0 fully saturated rings. The second-order valence-corrected chi connectivity index (χ2v) is 5.72. The van der Waals surface area contributed by atoms with E-state index in [2.05, 4.69) is 0 Å². The molecular weight excluding hydrogens is 328 g/mol. The Morgan fingerprint density at radius 2 is 1.88 bits per heavy atom. The van der Waals surface area contributed by atoms with Crippen LogP contribution in [0.25, 0.3) is 0 Å². The van der Waals surface area contributed by atoms with Gasteiger partial charge in [-0.15, -0.1) is 0 Å². The average molecular weight is 346 g/mol. The number of hydrogen-bond acceptors (Lipinski definition) is 7. The molecule has 132 valence electrons. The summed E-state index contributed by atoms with van der Waals surface area (Å²) < 4.78 is 10.7. The molecule has 2 atom stereocenters. The number of carbonyl (C=O) groups is 1. The van der Waals surface area contributed by atoms with Gasteiger partial charge in [0.1, 0.15) is 34.7 Å². The van der Waals surface area contributed by atoms with Gasteiger partial charge in [-0.1, -0.05) is 12.1 Å². The summed E-state index contributed by atoms with van der Waals surface area (Å²) in [5.74, 6) is -1.47. The van der Waals surface area contributed by atoms with Crippen LogP contribution in [0.2, 0.25) is 0 Å². The molecule has 0 saturated heterocycles. The number of phenols is 3. The molecular formula is C18H18O7. The van der Waals surface area contributed by atoms with Gasteiger partial charge in [0.2, 0.25) is 0 Å². The van der Waals surface area contributed by atoms with E-state index in [0.29, 0.717) is 5.56 Å². The number of benzene rings is 2. The van der Waals surface area contributed by atoms with Crippen molar-refractivity contribution in [1.29, 1.82) is 0 Å². The molecule has 0 radical (unpaired) electrons. The molecule has 1 aliphatic rings. The predicted octanol–water partition coefficient (Wildman–Crippen LogP) is 2.02. The monoisotopic (exact) mass is 346 g/mol. The third-order valence-electron chi connectivity index (χ3n) is 4.05. The normalized spacial score (nSPS) is 19.0. The van der Waals surface area contributed by atoms with Gasteiger partial charge in [-0.25, -0.2) is 4.79 Å². The number of carbonyl (C=O) groups excluding carboxylic acids is 1. The summed E-state index contributed by atoms with van der Waals surface area (Å²) in [6.07, 6.45) is -1.79. The minimum atomic E-state index is -0.984. The number of ether oxygens (including phenoxy) is 2. The highest BCUT2D eigenvalue weighted by Crippen LogP contribution is 2.45. The van der Waals surface area contributed by atoms with Crippen LogP contribution in [0.3, 0.4) is 0 Å². The van der Waals surface area contributed by atoms with Gasteiger partial charge >= 0.3 is 5.97 Å². The summed E-state index contributed by atoms with van der Waals surface area (Å²) in [5, 5.41) is 39.9. The Labute approximate surface area is 143 Å². The van der Waals surface area contributed by atoms with Crippen molar-refractivity contribution < 1.29 is 34.7 Å². The molecule has 0 aliphatic carbocycles. The minimum Gasteiger partial charge on any atom is -0.508 e. The first kappa shape index (κ1) is 16.9. The molecule has 0 amide bonds. The molecule has 4 N–H and O–H groups in total. The van der Waals surface area contributed by atoms with Gasteiger partial charge in [-0.3, -0.25) is 0 Å². The molecule has 0 aromatic heterocycles. The number of aromatic hydroxyl groups is 3. The van der Waals surface area contributed by atoms with Crippen LogP contribution in [0.15, 0.2) is 30.3 Å². The van der Waals surface area contributed by atoms with Gasteiger partial charge in [-0.05, 0) is 24.6 Å². The minimum absolute atomic E-state index is 0.0145. The van der Waals surface area contributed by atoms with E-state index in [0.717, 1.165) is 6.07 Å². The van der Waals surface area contributed by atoms with Gasteiger partial charge in [0, 0.05) is 18.1 Å². The van der Waals surface area contributed by atoms with Crippen LogP contribution in [0, 0.1) is 0 Å². The lowest BCUT2D eigenvalue weighted by atomic mass is 9.92. The molecule has 0 saturated carbocycles. The van der Waals surface area contributed by atoms with Crippen molar-refractivity contribution in [3.05, 3.63) is 47.0 Å². The molecule has 0 bridgehead atoms. The molecule has 0 spiro atoms. The van der Waals surface area contributed by atoms with E-state index in [1.807, 2.05) is 0 Å². The zero-order chi connectivity index (χ0) is 18.1. The van der Waals surface area contributed by atoms with E-state index >= 15 is 0 Å². The fraction of sp³-hybridized carbons (Fsp3) is 0.278. The van der Waals surface area contributed by atoms with Crippen molar-refractivity contribution in [2.45, 2.75) is 25.6 Å². The molecule has 3 rings (SSSR count). The third kappa shape index (κ3) is 3.06. The van der Waals surface area contributed by atoms with Gasteiger partial charge in [0.25, 0.3) is 0 Å². The molecule has 25 heavy (non-hydrogen) atoms. The van der Waals surface area contributed by atoms with Gasteiger partial charge in [0.05, 0.1) is 12.7 Å². The van der Waals surface area contributed by atoms with Crippen LogP contribution in [-0.2, 0) is 11.2 Å². The summed E-state index contributed by atoms with van der Waals surface area (Å²) in [7, 11) is 0. The zero-order valence-electron chi connectivity index (χ0n) is 13.5. The van der Waals surface area contributed by atoms with Crippen molar-refractivity contribution in [3.63, 3.8) is 0 Å². The summed E-state index contributed by atoms with van der Waals surface area (Å²) in [5.41, 5.74) is 0.613. The molecule has 7 nitrogen and oxygen atoms in total. The number of rotatable bonds is 3. The summed E-state index contributed by atoms with van der Waals surface area (Å²) in [4.78, 5) is 12.2. The Hall–Kier alpha value is -2.93. The number of aliphatic hydroxyl groups excluding tert-OH is 1. The van der Waals surface area contributed by atoms with Crippen LogP contribution in [0.1, 0.15) is 34.5 Å². The SMILES string of the molecule is CCOC(=O)c1c(O)cc(O)c2c1O[C@@H](c1ccc(O)cc1)[C@H](O)C2. The first-order chi connectivity index (χ1) is 11.9. The highest BCUT2D eigenvalue weighted by atomic mass is 16.5. The Bertz CT molecular complexity index is 798. The second kappa shape index (κ2) is 6.52. The number of aliphatic hydroxyl groups is 1. The van der Waals surface area contributed by atoms with Crippen molar-refractivity contribution in [1.82, 2.24) is 0 Å². The first-order valence-corrected chi connectivity index (χ1v) is 7.81. The van der Waals surface area contributed by atoms with Gasteiger partial charge < -0.3 is 29.9 Å². The quantitative estimate of drug-likeness (QED) is 0.628. The molecule has 1 aliphatic heterocycles. The maximum atomic E-state index is 12.2. The van der Waals surface area contributed by atoms with Crippen LogP contribution in [0.4, 0.5) is 0 Å². The van der Waals surface area contributed by atoms with E-state index in [9.17, 15) is 25.2 Å². The highest BCUT2D eigenvalue weighted by molar-refractivity contribution is 5.96. The number of fused-ring (bicyclic) bond motifs is 1. The van der Waals surface area contributed by atoms with E-state index in [1.54, 1.807) is 19.1 Å². The summed E-state index contributed by atoms with van der Waals surface area (Å²) >= 11 is 0. The first-order valence-electron chi connectivity index (χ1n) is 7.81. The van der Waals surface area contributed by atoms with E-state index in [4.69, 9.17) is 9.47 Å². The topological polar surface area (TPSA) is 116 Å². The van der Waals surface area contributed by atoms with E-state index in [1.165, 1.54) is 12.1 Å². The number of hydrogen-bond donors (Lipinski definition) is 4. The molecule has 1 heterocycles. The Kier molecular flexibility index (Phi) is 4.41.